The van der Waals surface area contributed by atoms with Gasteiger partial charge >= 0.3 is 12.1 Å². The summed E-state index contributed by atoms with van der Waals surface area (Å²) in [5, 5.41) is 2.48. The lowest BCUT2D eigenvalue weighted by Gasteiger charge is -2.18. The van der Waals surface area contributed by atoms with E-state index in [-0.39, 0.29) is 31.4 Å². The van der Waals surface area contributed by atoms with E-state index in [4.69, 9.17) is 9.47 Å². The van der Waals surface area contributed by atoms with Gasteiger partial charge in [-0.15, -0.1) is 0 Å². The van der Waals surface area contributed by atoms with Crippen molar-refractivity contribution in [2.45, 2.75) is 25.5 Å². The third-order valence-electron chi connectivity index (χ3n) is 4.74. The van der Waals surface area contributed by atoms with Crippen molar-refractivity contribution in [2.75, 3.05) is 13.7 Å². The van der Waals surface area contributed by atoms with Crippen LogP contribution in [0.2, 0.25) is 0 Å². The molecule has 0 spiro atoms. The van der Waals surface area contributed by atoms with Crippen molar-refractivity contribution in [3.8, 4) is 0 Å². The van der Waals surface area contributed by atoms with Crippen molar-refractivity contribution in [1.82, 2.24) is 10.2 Å². The average molecular weight is 410 g/mol. The lowest BCUT2D eigenvalue weighted by molar-refractivity contribution is -0.143. The van der Waals surface area contributed by atoms with Gasteiger partial charge in [0.25, 0.3) is 11.8 Å². The van der Waals surface area contributed by atoms with Gasteiger partial charge in [0.05, 0.1) is 18.2 Å². The van der Waals surface area contributed by atoms with Gasteiger partial charge in [0.2, 0.25) is 0 Å². The Labute approximate surface area is 173 Å². The molecule has 1 atom stereocenters. The summed E-state index contributed by atoms with van der Waals surface area (Å²) in [4.78, 5) is 50.0. The second-order valence-corrected chi connectivity index (χ2v) is 6.73. The second kappa shape index (κ2) is 9.69. The molecular formula is C22H22N2O6. The highest BCUT2D eigenvalue weighted by molar-refractivity contribution is 6.21. The third-order valence-corrected chi connectivity index (χ3v) is 4.74. The van der Waals surface area contributed by atoms with Crippen LogP contribution >= 0.6 is 0 Å². The minimum Gasteiger partial charge on any atom is -0.467 e. The molecule has 0 unspecified atom stereocenters. The molecule has 0 aromatic heterocycles. The van der Waals surface area contributed by atoms with Gasteiger partial charge in [0.1, 0.15) is 12.6 Å². The number of hydrogen-bond donors (Lipinski definition) is 1. The summed E-state index contributed by atoms with van der Waals surface area (Å²) in [6.45, 7) is 0.191. The topological polar surface area (TPSA) is 102 Å². The van der Waals surface area contributed by atoms with Crippen LogP contribution in [0.4, 0.5) is 4.79 Å². The maximum atomic E-state index is 12.4. The summed E-state index contributed by atoms with van der Waals surface area (Å²) in [5.41, 5.74) is 1.55. The molecule has 0 fully saturated rings. The van der Waals surface area contributed by atoms with Gasteiger partial charge in [-0.3, -0.25) is 14.5 Å². The van der Waals surface area contributed by atoms with Gasteiger partial charge in [0, 0.05) is 6.54 Å². The predicted molar refractivity (Wildman–Crippen MR) is 107 cm³/mol. The number of esters is 1. The molecule has 0 bridgehead atoms. The molecule has 1 heterocycles. The Morgan fingerprint density at radius 3 is 2.17 bits per heavy atom. The van der Waals surface area contributed by atoms with Gasteiger partial charge in [0.15, 0.2) is 0 Å². The van der Waals surface area contributed by atoms with Crippen LogP contribution < -0.4 is 5.32 Å². The van der Waals surface area contributed by atoms with Gasteiger partial charge in [-0.1, -0.05) is 42.5 Å². The Balaban J connectivity index is 1.52. The molecule has 2 aromatic carbocycles. The van der Waals surface area contributed by atoms with Crippen LogP contribution in [0.5, 0.6) is 0 Å². The van der Waals surface area contributed by atoms with E-state index in [1.807, 2.05) is 30.3 Å². The molecule has 0 saturated heterocycles. The van der Waals surface area contributed by atoms with E-state index in [0.717, 1.165) is 10.5 Å². The first-order chi connectivity index (χ1) is 14.5. The van der Waals surface area contributed by atoms with E-state index in [1.165, 1.54) is 7.11 Å². The van der Waals surface area contributed by atoms with E-state index in [9.17, 15) is 19.2 Å². The number of methoxy groups -OCH3 is 1. The van der Waals surface area contributed by atoms with Crippen LogP contribution in [-0.4, -0.2) is 48.5 Å². The van der Waals surface area contributed by atoms with Crippen LogP contribution in [-0.2, 0) is 20.9 Å². The minimum absolute atomic E-state index is 0.0651. The van der Waals surface area contributed by atoms with E-state index >= 15 is 0 Å². The highest BCUT2D eigenvalue weighted by Gasteiger charge is 2.35. The number of imide groups is 1. The van der Waals surface area contributed by atoms with Crippen molar-refractivity contribution in [2.24, 2.45) is 0 Å². The number of rotatable bonds is 8. The molecule has 30 heavy (non-hydrogen) atoms. The van der Waals surface area contributed by atoms with Crippen molar-refractivity contribution >= 4 is 23.9 Å². The largest absolute Gasteiger partial charge is 0.467 e. The smallest absolute Gasteiger partial charge is 0.408 e. The number of amides is 3. The normalized spacial score (nSPS) is 13.6. The number of hydrogen-bond acceptors (Lipinski definition) is 6. The van der Waals surface area contributed by atoms with Crippen molar-refractivity contribution < 1.29 is 28.7 Å². The predicted octanol–water partition coefficient (Wildman–Crippen LogP) is 2.53. The molecular weight excluding hydrogens is 388 g/mol. The fourth-order valence-corrected chi connectivity index (χ4v) is 3.19. The molecule has 1 aliphatic heterocycles. The molecule has 0 saturated carbocycles. The lowest BCUT2D eigenvalue weighted by Crippen LogP contribution is -2.42. The number of nitrogens with zero attached hydrogens (tertiary/aromatic N) is 1. The Morgan fingerprint density at radius 2 is 1.57 bits per heavy atom. The van der Waals surface area contributed by atoms with Crippen molar-refractivity contribution in [3.63, 3.8) is 0 Å². The van der Waals surface area contributed by atoms with Crippen LogP contribution in [0.3, 0.4) is 0 Å². The van der Waals surface area contributed by atoms with Crippen LogP contribution in [0.25, 0.3) is 0 Å². The number of fused-ring (bicyclic) bond motifs is 1. The molecule has 0 aliphatic carbocycles. The van der Waals surface area contributed by atoms with E-state index in [2.05, 4.69) is 5.32 Å². The molecule has 8 heteroatoms. The number of carbonyl (C=O) groups is 4. The zero-order valence-electron chi connectivity index (χ0n) is 16.5. The molecule has 3 amide bonds. The second-order valence-electron chi connectivity index (χ2n) is 6.73. The number of nitrogens with one attached hydrogen (secondary N) is 1. The maximum absolute atomic E-state index is 12.4. The lowest BCUT2D eigenvalue weighted by atomic mass is 10.1. The van der Waals surface area contributed by atoms with Crippen LogP contribution in [0.1, 0.15) is 39.1 Å². The third kappa shape index (κ3) is 4.83. The number of ether oxygens (including phenoxy) is 2. The Bertz CT molecular complexity index is 909. The van der Waals surface area contributed by atoms with Gasteiger partial charge in [-0.05, 0) is 30.5 Å². The first kappa shape index (κ1) is 21.0. The fourth-order valence-electron chi connectivity index (χ4n) is 3.19. The van der Waals surface area contributed by atoms with Gasteiger partial charge < -0.3 is 14.8 Å². The van der Waals surface area contributed by atoms with Crippen molar-refractivity contribution in [1.29, 1.82) is 0 Å². The van der Waals surface area contributed by atoms with Crippen LogP contribution in [0, 0.1) is 0 Å². The molecule has 8 nitrogen and oxygen atoms in total. The quantitative estimate of drug-likeness (QED) is 0.530. The number of benzene rings is 2. The molecule has 1 N–H and O–H groups in total. The summed E-state index contributed by atoms with van der Waals surface area (Å²) in [7, 11) is 1.22. The van der Waals surface area contributed by atoms with Crippen LogP contribution in [0.15, 0.2) is 54.6 Å². The molecule has 3 rings (SSSR count). The first-order valence-electron chi connectivity index (χ1n) is 9.51. The van der Waals surface area contributed by atoms with E-state index < -0.39 is 18.1 Å². The average Bonchev–Trinajstić information content (AvgIpc) is 3.02. The molecule has 0 radical (unpaired) electrons. The Morgan fingerprint density at radius 1 is 0.967 bits per heavy atom. The van der Waals surface area contributed by atoms with Gasteiger partial charge in [-0.25, -0.2) is 9.59 Å². The zero-order valence-corrected chi connectivity index (χ0v) is 16.5. The molecule has 1 aliphatic rings. The molecule has 156 valence electrons. The molecule has 2 aromatic rings. The first-order valence-corrected chi connectivity index (χ1v) is 9.51. The summed E-state index contributed by atoms with van der Waals surface area (Å²) in [6, 6.07) is 14.8. The maximum Gasteiger partial charge on any atom is 0.408 e. The van der Waals surface area contributed by atoms with Gasteiger partial charge in [-0.2, -0.15) is 0 Å². The number of alkyl carbamates (subject to hydrolysis) is 1. The monoisotopic (exact) mass is 410 g/mol. The van der Waals surface area contributed by atoms with E-state index in [1.54, 1.807) is 24.3 Å². The summed E-state index contributed by atoms with van der Waals surface area (Å²) >= 11 is 0. The highest BCUT2D eigenvalue weighted by Crippen LogP contribution is 2.22. The standard InChI is InChI=1S/C22H22N2O6/c1-29-21(27)18(23-22(28)30-14-15-8-3-2-4-9-15)12-7-13-24-19(25)16-10-5-6-11-17(16)20(24)26/h2-6,8-11,18H,7,12-14H2,1H3,(H,23,28)/t18-/m0/s1. The van der Waals surface area contributed by atoms with E-state index in [0.29, 0.717) is 17.5 Å². The Hall–Kier alpha value is -3.68. The number of carbonyl (C=O) groups excluding carboxylic acids is 4. The summed E-state index contributed by atoms with van der Waals surface area (Å²) < 4.78 is 9.87. The SMILES string of the molecule is COC(=O)[C@H](CCCN1C(=O)c2ccccc2C1=O)NC(=O)OCc1ccccc1. The highest BCUT2D eigenvalue weighted by atomic mass is 16.6. The zero-order chi connectivity index (χ0) is 21.5. The fraction of sp³-hybridized carbons (Fsp3) is 0.273. The minimum atomic E-state index is -0.951. The van der Waals surface area contributed by atoms with Crippen molar-refractivity contribution in [3.05, 3.63) is 71.3 Å². The summed E-state index contributed by atoms with van der Waals surface area (Å²) in [6.07, 6.45) is -0.264. The summed E-state index contributed by atoms with van der Waals surface area (Å²) in [5.74, 6) is -1.35. The Kier molecular flexibility index (Phi) is 6.79.